The van der Waals surface area contributed by atoms with Gasteiger partial charge in [-0.3, -0.25) is 4.79 Å². The van der Waals surface area contributed by atoms with Crippen LogP contribution in [0.2, 0.25) is 0 Å². The highest BCUT2D eigenvalue weighted by Crippen LogP contribution is 2.36. The van der Waals surface area contributed by atoms with E-state index < -0.39 is 0 Å². The Kier molecular flexibility index (Phi) is 3.52. The van der Waals surface area contributed by atoms with E-state index in [9.17, 15) is 9.90 Å². The summed E-state index contributed by atoms with van der Waals surface area (Å²) < 4.78 is 0. The number of hydrogen-bond donors (Lipinski definition) is 1. The molecule has 2 aromatic rings. The van der Waals surface area contributed by atoms with E-state index >= 15 is 0 Å². The van der Waals surface area contributed by atoms with Crippen molar-refractivity contribution in [3.05, 3.63) is 71.8 Å². The number of benzene rings is 2. The van der Waals surface area contributed by atoms with Crippen LogP contribution in [-0.4, -0.2) is 28.6 Å². The Morgan fingerprint density at radius 2 is 1.55 bits per heavy atom. The largest absolute Gasteiger partial charge is 0.394 e. The van der Waals surface area contributed by atoms with E-state index in [0.717, 1.165) is 11.1 Å². The van der Waals surface area contributed by atoms with E-state index in [4.69, 9.17) is 0 Å². The zero-order chi connectivity index (χ0) is 13.9. The van der Waals surface area contributed by atoms with Gasteiger partial charge in [-0.2, -0.15) is 0 Å². The van der Waals surface area contributed by atoms with E-state index in [2.05, 4.69) is 0 Å². The lowest BCUT2D eigenvalue weighted by Crippen LogP contribution is -2.60. The van der Waals surface area contributed by atoms with Crippen molar-refractivity contribution in [2.24, 2.45) is 0 Å². The van der Waals surface area contributed by atoms with E-state index in [1.165, 1.54) is 0 Å². The maximum atomic E-state index is 12.4. The van der Waals surface area contributed by atoms with E-state index in [1.54, 1.807) is 4.90 Å². The number of hydrogen-bond acceptors (Lipinski definition) is 2. The minimum Gasteiger partial charge on any atom is -0.394 e. The van der Waals surface area contributed by atoms with Crippen LogP contribution in [0.15, 0.2) is 60.7 Å². The molecule has 1 fully saturated rings. The van der Waals surface area contributed by atoms with E-state index in [1.807, 2.05) is 60.7 Å². The maximum absolute atomic E-state index is 12.4. The summed E-state index contributed by atoms with van der Waals surface area (Å²) in [6.07, 6.45) is 0. The van der Waals surface area contributed by atoms with E-state index in [-0.39, 0.29) is 24.5 Å². The Bertz CT molecular complexity index is 582. The third-order valence-corrected chi connectivity index (χ3v) is 3.88. The molecule has 0 spiro atoms. The molecule has 2 atom stereocenters. The normalized spacial score (nSPS) is 21.6. The van der Waals surface area contributed by atoms with Crippen LogP contribution in [0.3, 0.4) is 0 Å². The number of aliphatic hydroxyl groups excluding tert-OH is 1. The van der Waals surface area contributed by atoms with Crippen LogP contribution in [0.1, 0.15) is 17.0 Å². The van der Waals surface area contributed by atoms with Crippen molar-refractivity contribution in [2.75, 3.05) is 6.61 Å². The van der Waals surface area contributed by atoms with Crippen molar-refractivity contribution in [1.82, 2.24) is 4.90 Å². The standard InChI is InChI=1S/C17H17NO2/c19-12-15-16(14-9-5-2-6-10-14)17(20)18(15)11-13-7-3-1-4-8-13/h1-10,15-16,19H,11-12H2/t15-,16-/m0/s1. The minimum absolute atomic E-state index is 0.00185. The van der Waals surface area contributed by atoms with Crippen LogP contribution >= 0.6 is 0 Å². The smallest absolute Gasteiger partial charge is 0.232 e. The van der Waals surface area contributed by atoms with Crippen molar-refractivity contribution in [2.45, 2.75) is 18.5 Å². The van der Waals surface area contributed by atoms with Crippen LogP contribution in [0.25, 0.3) is 0 Å². The molecule has 0 bridgehead atoms. The Labute approximate surface area is 118 Å². The second kappa shape index (κ2) is 5.47. The van der Waals surface area contributed by atoms with Gasteiger partial charge in [0, 0.05) is 6.54 Å². The van der Waals surface area contributed by atoms with Gasteiger partial charge in [-0.25, -0.2) is 0 Å². The fourth-order valence-corrected chi connectivity index (χ4v) is 2.81. The number of likely N-dealkylation sites (tertiary alicyclic amines) is 1. The van der Waals surface area contributed by atoms with Crippen LogP contribution in [0.4, 0.5) is 0 Å². The molecule has 1 aliphatic heterocycles. The molecule has 1 saturated heterocycles. The van der Waals surface area contributed by atoms with E-state index in [0.29, 0.717) is 6.54 Å². The molecule has 0 saturated carbocycles. The summed E-state index contributed by atoms with van der Waals surface area (Å²) in [6, 6.07) is 19.4. The van der Waals surface area contributed by atoms with Gasteiger partial charge < -0.3 is 10.0 Å². The van der Waals surface area contributed by atoms with Crippen molar-refractivity contribution in [3.63, 3.8) is 0 Å². The third kappa shape index (κ3) is 2.21. The predicted molar refractivity (Wildman–Crippen MR) is 77.0 cm³/mol. The molecule has 3 nitrogen and oxygen atoms in total. The van der Waals surface area contributed by atoms with Gasteiger partial charge in [-0.05, 0) is 11.1 Å². The molecule has 1 amide bonds. The average molecular weight is 267 g/mol. The molecule has 0 unspecified atom stereocenters. The van der Waals surface area contributed by atoms with Gasteiger partial charge in [0.05, 0.1) is 18.6 Å². The number of aliphatic hydroxyl groups is 1. The fraction of sp³-hybridized carbons (Fsp3) is 0.235. The number of β-lactam (4-membered cyclic amide) rings is 1. The van der Waals surface area contributed by atoms with Gasteiger partial charge in [0.1, 0.15) is 0 Å². The molecule has 3 rings (SSSR count). The molecular weight excluding hydrogens is 250 g/mol. The zero-order valence-electron chi connectivity index (χ0n) is 11.1. The zero-order valence-corrected chi connectivity index (χ0v) is 11.1. The predicted octanol–water partition coefficient (Wildman–Crippen LogP) is 2.17. The lowest BCUT2D eigenvalue weighted by atomic mass is 9.81. The second-order valence-electron chi connectivity index (χ2n) is 5.09. The Balaban J connectivity index is 1.77. The highest BCUT2D eigenvalue weighted by molar-refractivity contribution is 5.91. The Morgan fingerprint density at radius 1 is 0.950 bits per heavy atom. The van der Waals surface area contributed by atoms with Crippen LogP contribution in [0, 0.1) is 0 Å². The molecule has 102 valence electrons. The first-order valence-corrected chi connectivity index (χ1v) is 6.81. The molecule has 0 aliphatic carbocycles. The summed E-state index contributed by atoms with van der Waals surface area (Å²) in [6.45, 7) is 0.562. The Hall–Kier alpha value is -2.13. The number of carbonyl (C=O) groups is 1. The average Bonchev–Trinajstić information content (AvgIpc) is 2.51. The molecule has 3 heteroatoms. The van der Waals surface area contributed by atoms with Crippen LogP contribution in [0.5, 0.6) is 0 Å². The number of rotatable bonds is 4. The summed E-state index contributed by atoms with van der Waals surface area (Å²) in [4.78, 5) is 14.1. The topological polar surface area (TPSA) is 40.5 Å². The highest BCUT2D eigenvalue weighted by Gasteiger charge is 2.47. The van der Waals surface area contributed by atoms with Crippen molar-refractivity contribution < 1.29 is 9.90 Å². The lowest BCUT2D eigenvalue weighted by molar-refractivity contribution is -0.153. The molecular formula is C17H17NO2. The second-order valence-corrected chi connectivity index (χ2v) is 5.09. The van der Waals surface area contributed by atoms with Gasteiger partial charge in [-0.1, -0.05) is 60.7 Å². The minimum atomic E-state index is -0.204. The van der Waals surface area contributed by atoms with Crippen molar-refractivity contribution in [3.8, 4) is 0 Å². The molecule has 1 aliphatic rings. The number of amides is 1. The highest BCUT2D eigenvalue weighted by atomic mass is 16.3. The van der Waals surface area contributed by atoms with Gasteiger partial charge in [-0.15, -0.1) is 0 Å². The van der Waals surface area contributed by atoms with Gasteiger partial charge in [0.25, 0.3) is 0 Å². The first kappa shape index (κ1) is 12.9. The van der Waals surface area contributed by atoms with Crippen LogP contribution in [-0.2, 0) is 11.3 Å². The summed E-state index contributed by atoms with van der Waals surface area (Å²) in [5.74, 6) is -0.107. The third-order valence-electron chi connectivity index (χ3n) is 3.88. The quantitative estimate of drug-likeness (QED) is 0.863. The lowest BCUT2D eigenvalue weighted by Gasteiger charge is -2.46. The van der Waals surface area contributed by atoms with Gasteiger partial charge in [0.15, 0.2) is 0 Å². The molecule has 1 N–H and O–H groups in total. The summed E-state index contributed by atoms with van der Waals surface area (Å²) in [5.41, 5.74) is 2.08. The van der Waals surface area contributed by atoms with Gasteiger partial charge in [0.2, 0.25) is 5.91 Å². The molecule has 20 heavy (non-hydrogen) atoms. The van der Waals surface area contributed by atoms with Crippen molar-refractivity contribution >= 4 is 5.91 Å². The fourth-order valence-electron chi connectivity index (χ4n) is 2.81. The molecule has 1 heterocycles. The monoisotopic (exact) mass is 267 g/mol. The van der Waals surface area contributed by atoms with Gasteiger partial charge >= 0.3 is 0 Å². The van der Waals surface area contributed by atoms with Crippen LogP contribution < -0.4 is 0 Å². The SMILES string of the molecule is O=C1[C@@H](c2ccccc2)[C@H](CO)N1Cc1ccccc1. The first-order valence-electron chi connectivity index (χ1n) is 6.81. The summed E-state index contributed by atoms with van der Waals surface area (Å²) in [7, 11) is 0. The first-order chi connectivity index (χ1) is 9.81. The Morgan fingerprint density at radius 3 is 2.15 bits per heavy atom. The number of carbonyl (C=O) groups excluding carboxylic acids is 1. The summed E-state index contributed by atoms with van der Waals surface area (Å²) >= 11 is 0. The molecule has 0 aromatic heterocycles. The number of nitrogens with zero attached hydrogens (tertiary/aromatic N) is 1. The molecule has 0 radical (unpaired) electrons. The van der Waals surface area contributed by atoms with Crippen molar-refractivity contribution in [1.29, 1.82) is 0 Å². The molecule has 2 aromatic carbocycles. The summed E-state index contributed by atoms with van der Waals surface area (Å²) in [5, 5.41) is 9.59. The maximum Gasteiger partial charge on any atom is 0.232 e.